The van der Waals surface area contributed by atoms with Crippen molar-refractivity contribution in [2.45, 2.75) is 33.7 Å². The second kappa shape index (κ2) is 4.96. The molecule has 0 saturated carbocycles. The highest BCUT2D eigenvalue weighted by atomic mass is 16.1. The molecule has 6 heteroatoms. The van der Waals surface area contributed by atoms with Crippen LogP contribution in [0.15, 0.2) is 0 Å². The van der Waals surface area contributed by atoms with Crippen molar-refractivity contribution in [3.05, 3.63) is 0 Å². The van der Waals surface area contributed by atoms with Gasteiger partial charge in [-0.15, -0.1) is 5.10 Å². The molecule has 0 aromatic carbocycles. The fraction of sp³-hybridized carbons (Fsp3) is 0.700. The summed E-state index contributed by atoms with van der Waals surface area (Å²) in [6.07, 6.45) is 0. The van der Waals surface area contributed by atoms with Crippen LogP contribution >= 0.6 is 0 Å². The minimum absolute atomic E-state index is 0.0174. The van der Waals surface area contributed by atoms with Gasteiger partial charge < -0.3 is 11.1 Å². The summed E-state index contributed by atoms with van der Waals surface area (Å²) in [4.78, 5) is 15.9. The molecule has 90 valence electrons. The number of aromatic amines is 1. The molecule has 1 atom stereocenters. The average Bonchev–Trinajstić information content (AvgIpc) is 2.59. The number of ketones is 1. The van der Waals surface area contributed by atoms with Gasteiger partial charge in [-0.1, -0.05) is 27.7 Å². The summed E-state index contributed by atoms with van der Waals surface area (Å²) < 4.78 is 0. The van der Waals surface area contributed by atoms with Crippen LogP contribution in [0.2, 0.25) is 0 Å². The molecule has 0 amide bonds. The standard InChI is InChI=1S/C10H19N5O/c1-5(2)7(8(16)6(3)4)12-10-13-9(11)14-15-10/h5-7H,1-4H3,(H4,11,12,13,14,15). The zero-order valence-corrected chi connectivity index (χ0v) is 10.1. The minimum atomic E-state index is -0.282. The topological polar surface area (TPSA) is 96.7 Å². The molecular weight excluding hydrogens is 206 g/mol. The molecule has 0 aliphatic heterocycles. The summed E-state index contributed by atoms with van der Waals surface area (Å²) in [5.41, 5.74) is 5.41. The molecule has 1 rings (SSSR count). The molecule has 0 fully saturated rings. The molecule has 1 aromatic rings. The summed E-state index contributed by atoms with van der Waals surface area (Å²) in [6, 6.07) is -0.282. The van der Waals surface area contributed by atoms with Crippen molar-refractivity contribution in [1.82, 2.24) is 15.2 Å². The van der Waals surface area contributed by atoms with E-state index in [0.29, 0.717) is 5.95 Å². The van der Waals surface area contributed by atoms with E-state index in [2.05, 4.69) is 20.5 Å². The van der Waals surface area contributed by atoms with Crippen LogP contribution in [0.25, 0.3) is 0 Å². The van der Waals surface area contributed by atoms with Gasteiger partial charge in [0.05, 0.1) is 6.04 Å². The van der Waals surface area contributed by atoms with Gasteiger partial charge in [0.15, 0.2) is 5.78 Å². The van der Waals surface area contributed by atoms with Crippen LogP contribution in [0.3, 0.4) is 0 Å². The van der Waals surface area contributed by atoms with E-state index in [-0.39, 0.29) is 29.6 Å². The van der Waals surface area contributed by atoms with Gasteiger partial charge in [0.2, 0.25) is 11.9 Å². The number of anilines is 2. The molecule has 4 N–H and O–H groups in total. The first kappa shape index (κ1) is 12.5. The molecule has 0 saturated heterocycles. The highest BCUT2D eigenvalue weighted by Gasteiger charge is 2.25. The molecule has 1 unspecified atom stereocenters. The normalized spacial score (nSPS) is 13.1. The van der Waals surface area contributed by atoms with E-state index in [4.69, 9.17) is 5.73 Å². The number of carbonyl (C=O) groups is 1. The van der Waals surface area contributed by atoms with Crippen molar-refractivity contribution in [3.63, 3.8) is 0 Å². The molecule has 6 nitrogen and oxygen atoms in total. The Morgan fingerprint density at radius 3 is 2.38 bits per heavy atom. The third-order valence-corrected chi connectivity index (χ3v) is 2.33. The van der Waals surface area contributed by atoms with E-state index in [1.165, 1.54) is 0 Å². The number of nitrogens with one attached hydrogen (secondary N) is 2. The van der Waals surface area contributed by atoms with Crippen molar-refractivity contribution >= 4 is 17.7 Å². The van der Waals surface area contributed by atoms with Crippen molar-refractivity contribution in [1.29, 1.82) is 0 Å². The van der Waals surface area contributed by atoms with Crippen molar-refractivity contribution in [2.24, 2.45) is 11.8 Å². The van der Waals surface area contributed by atoms with Crippen LogP contribution in [-0.2, 0) is 4.79 Å². The third-order valence-electron chi connectivity index (χ3n) is 2.33. The number of Topliss-reactive ketones (excluding diaryl/α,β-unsaturated/α-hetero) is 1. The van der Waals surface area contributed by atoms with E-state index in [0.717, 1.165) is 0 Å². The molecule has 0 aliphatic rings. The molecule has 0 aliphatic carbocycles. The predicted octanol–water partition coefficient (Wildman–Crippen LogP) is 1.05. The molecule has 0 spiro atoms. The maximum absolute atomic E-state index is 11.9. The highest BCUT2D eigenvalue weighted by Crippen LogP contribution is 2.13. The first-order chi connectivity index (χ1) is 7.41. The summed E-state index contributed by atoms with van der Waals surface area (Å²) in [5, 5.41) is 9.38. The van der Waals surface area contributed by atoms with E-state index in [1.54, 1.807) is 0 Å². The Kier molecular flexibility index (Phi) is 3.87. The molecule has 1 aromatic heterocycles. The van der Waals surface area contributed by atoms with Crippen LogP contribution in [0.4, 0.5) is 11.9 Å². The number of nitrogens with two attached hydrogens (primary N) is 1. The summed E-state index contributed by atoms with van der Waals surface area (Å²) >= 11 is 0. The van der Waals surface area contributed by atoms with Crippen LogP contribution < -0.4 is 11.1 Å². The summed E-state index contributed by atoms with van der Waals surface area (Å²) in [5.74, 6) is 0.913. The summed E-state index contributed by atoms with van der Waals surface area (Å²) in [6.45, 7) is 7.72. The SMILES string of the molecule is CC(C)C(=O)C(Nc1n[nH]c(N)n1)C(C)C. The maximum Gasteiger partial charge on any atom is 0.244 e. The fourth-order valence-electron chi connectivity index (χ4n) is 1.40. The summed E-state index contributed by atoms with van der Waals surface area (Å²) in [7, 11) is 0. The van der Waals surface area contributed by atoms with E-state index < -0.39 is 0 Å². The second-order valence-corrected chi connectivity index (χ2v) is 4.47. The number of nitrogen functional groups attached to an aromatic ring is 1. The van der Waals surface area contributed by atoms with Crippen LogP contribution in [0, 0.1) is 11.8 Å². The predicted molar refractivity (Wildman–Crippen MR) is 62.9 cm³/mol. The van der Waals surface area contributed by atoms with Gasteiger partial charge in [-0.25, -0.2) is 5.10 Å². The maximum atomic E-state index is 11.9. The molecule has 16 heavy (non-hydrogen) atoms. The lowest BCUT2D eigenvalue weighted by Crippen LogP contribution is -2.37. The van der Waals surface area contributed by atoms with Gasteiger partial charge in [-0.05, 0) is 5.92 Å². The van der Waals surface area contributed by atoms with Crippen LogP contribution in [0.5, 0.6) is 0 Å². The van der Waals surface area contributed by atoms with E-state index >= 15 is 0 Å². The lowest BCUT2D eigenvalue weighted by molar-refractivity contribution is -0.123. The van der Waals surface area contributed by atoms with Gasteiger partial charge in [-0.3, -0.25) is 4.79 Å². The number of carbonyl (C=O) groups excluding carboxylic acids is 1. The minimum Gasteiger partial charge on any atom is -0.368 e. The Hall–Kier alpha value is -1.59. The van der Waals surface area contributed by atoms with Gasteiger partial charge in [-0.2, -0.15) is 4.98 Å². The van der Waals surface area contributed by atoms with E-state index in [9.17, 15) is 4.79 Å². The lowest BCUT2D eigenvalue weighted by Gasteiger charge is -2.21. The highest BCUT2D eigenvalue weighted by molar-refractivity contribution is 5.88. The first-order valence-electron chi connectivity index (χ1n) is 5.40. The number of rotatable bonds is 5. The quantitative estimate of drug-likeness (QED) is 0.696. The van der Waals surface area contributed by atoms with Gasteiger partial charge in [0.1, 0.15) is 0 Å². The molecule has 0 bridgehead atoms. The van der Waals surface area contributed by atoms with Crippen molar-refractivity contribution < 1.29 is 4.79 Å². The van der Waals surface area contributed by atoms with Crippen molar-refractivity contribution in [3.8, 4) is 0 Å². The lowest BCUT2D eigenvalue weighted by atomic mass is 9.93. The Balaban J connectivity index is 2.76. The zero-order chi connectivity index (χ0) is 12.3. The Morgan fingerprint density at radius 2 is 2.00 bits per heavy atom. The fourth-order valence-corrected chi connectivity index (χ4v) is 1.40. The zero-order valence-electron chi connectivity index (χ0n) is 10.1. The third kappa shape index (κ3) is 2.95. The van der Waals surface area contributed by atoms with Gasteiger partial charge in [0, 0.05) is 5.92 Å². The van der Waals surface area contributed by atoms with Crippen LogP contribution in [0.1, 0.15) is 27.7 Å². The molecular formula is C10H19N5O. The second-order valence-electron chi connectivity index (χ2n) is 4.47. The van der Waals surface area contributed by atoms with E-state index in [1.807, 2.05) is 27.7 Å². The molecule has 0 radical (unpaired) electrons. The van der Waals surface area contributed by atoms with Crippen LogP contribution in [-0.4, -0.2) is 27.0 Å². The monoisotopic (exact) mass is 225 g/mol. The molecule has 1 heterocycles. The smallest absolute Gasteiger partial charge is 0.244 e. The Labute approximate surface area is 95.0 Å². The number of H-pyrrole nitrogens is 1. The van der Waals surface area contributed by atoms with Gasteiger partial charge in [0.25, 0.3) is 0 Å². The number of hydrogen-bond acceptors (Lipinski definition) is 5. The van der Waals surface area contributed by atoms with Gasteiger partial charge >= 0.3 is 0 Å². The first-order valence-corrected chi connectivity index (χ1v) is 5.40. The number of aromatic nitrogens is 3. The Morgan fingerprint density at radius 1 is 1.38 bits per heavy atom. The number of nitrogens with zero attached hydrogens (tertiary/aromatic N) is 2. The van der Waals surface area contributed by atoms with Crippen molar-refractivity contribution in [2.75, 3.05) is 11.1 Å². The Bertz CT molecular complexity index is 358. The number of hydrogen-bond donors (Lipinski definition) is 3. The average molecular weight is 225 g/mol. The largest absolute Gasteiger partial charge is 0.368 e.